The second kappa shape index (κ2) is 5.66. The standard InChI is InChI=1S/C15H12O2/c16-15(13-7-3-1-4-8-13)11-12-17-14-9-5-2-6-10-14/h1-12H/b12-11+. The van der Waals surface area contributed by atoms with E-state index >= 15 is 0 Å². The highest BCUT2D eigenvalue weighted by Gasteiger charge is 1.99. The van der Waals surface area contributed by atoms with Gasteiger partial charge in [0, 0.05) is 11.6 Å². The Hall–Kier alpha value is -2.35. The van der Waals surface area contributed by atoms with Gasteiger partial charge in [0.1, 0.15) is 5.75 Å². The maximum absolute atomic E-state index is 11.7. The number of benzene rings is 2. The maximum Gasteiger partial charge on any atom is 0.188 e. The van der Waals surface area contributed by atoms with Gasteiger partial charge in [0.25, 0.3) is 0 Å². The highest BCUT2D eigenvalue weighted by Crippen LogP contribution is 2.08. The zero-order valence-corrected chi connectivity index (χ0v) is 9.24. The fraction of sp³-hybridized carbons (Fsp3) is 0. The van der Waals surface area contributed by atoms with E-state index in [1.54, 1.807) is 12.1 Å². The molecule has 2 aromatic rings. The van der Waals surface area contributed by atoms with Crippen molar-refractivity contribution >= 4 is 5.78 Å². The van der Waals surface area contributed by atoms with Crippen molar-refractivity contribution in [1.29, 1.82) is 0 Å². The lowest BCUT2D eigenvalue weighted by molar-refractivity contribution is 0.104. The summed E-state index contributed by atoms with van der Waals surface area (Å²) in [6.45, 7) is 0. The Morgan fingerprint density at radius 3 is 2.12 bits per heavy atom. The lowest BCUT2D eigenvalue weighted by Gasteiger charge is -1.98. The van der Waals surface area contributed by atoms with E-state index in [1.807, 2.05) is 48.5 Å². The number of para-hydroxylation sites is 1. The van der Waals surface area contributed by atoms with Crippen LogP contribution in [-0.2, 0) is 0 Å². The lowest BCUT2D eigenvalue weighted by atomic mass is 10.1. The number of ketones is 1. The van der Waals surface area contributed by atoms with Gasteiger partial charge in [0.15, 0.2) is 5.78 Å². The van der Waals surface area contributed by atoms with Gasteiger partial charge in [-0.2, -0.15) is 0 Å². The van der Waals surface area contributed by atoms with Gasteiger partial charge >= 0.3 is 0 Å². The Bertz CT molecular complexity index is 501. The van der Waals surface area contributed by atoms with E-state index in [2.05, 4.69) is 0 Å². The molecule has 0 N–H and O–H groups in total. The molecule has 2 nitrogen and oxygen atoms in total. The van der Waals surface area contributed by atoms with Crippen molar-refractivity contribution in [1.82, 2.24) is 0 Å². The minimum absolute atomic E-state index is 0.0680. The predicted molar refractivity (Wildman–Crippen MR) is 67.0 cm³/mol. The molecule has 0 unspecified atom stereocenters. The zero-order chi connectivity index (χ0) is 11.9. The van der Waals surface area contributed by atoms with Gasteiger partial charge in [0.2, 0.25) is 0 Å². The van der Waals surface area contributed by atoms with Gasteiger partial charge in [0.05, 0.1) is 6.26 Å². The number of hydrogen-bond acceptors (Lipinski definition) is 2. The average Bonchev–Trinajstić information content (AvgIpc) is 2.41. The van der Waals surface area contributed by atoms with Gasteiger partial charge in [-0.1, -0.05) is 48.5 Å². The second-order valence-corrected chi connectivity index (χ2v) is 3.46. The molecule has 0 radical (unpaired) electrons. The van der Waals surface area contributed by atoms with Crippen molar-refractivity contribution in [3.63, 3.8) is 0 Å². The van der Waals surface area contributed by atoms with Crippen LogP contribution in [0.5, 0.6) is 5.75 Å². The topological polar surface area (TPSA) is 26.3 Å². The first-order valence-electron chi connectivity index (χ1n) is 5.34. The molecule has 0 heterocycles. The minimum Gasteiger partial charge on any atom is -0.465 e. The van der Waals surface area contributed by atoms with Gasteiger partial charge in [-0.25, -0.2) is 0 Å². The molecule has 0 fully saturated rings. The molecule has 0 bridgehead atoms. The van der Waals surface area contributed by atoms with E-state index < -0.39 is 0 Å². The van der Waals surface area contributed by atoms with Crippen molar-refractivity contribution in [2.75, 3.05) is 0 Å². The summed E-state index contributed by atoms with van der Waals surface area (Å²) in [4.78, 5) is 11.7. The zero-order valence-electron chi connectivity index (χ0n) is 9.24. The highest BCUT2D eigenvalue weighted by molar-refractivity contribution is 6.04. The first-order chi connectivity index (χ1) is 8.36. The Labute approximate surface area is 100 Å². The molecule has 2 rings (SSSR count). The summed E-state index contributed by atoms with van der Waals surface area (Å²) in [7, 11) is 0. The second-order valence-electron chi connectivity index (χ2n) is 3.46. The fourth-order valence-electron chi connectivity index (χ4n) is 1.37. The Morgan fingerprint density at radius 1 is 0.882 bits per heavy atom. The van der Waals surface area contributed by atoms with E-state index in [9.17, 15) is 4.79 Å². The summed E-state index contributed by atoms with van der Waals surface area (Å²) in [5.41, 5.74) is 0.653. The number of allylic oxidation sites excluding steroid dienone is 1. The quantitative estimate of drug-likeness (QED) is 0.451. The van der Waals surface area contributed by atoms with Crippen molar-refractivity contribution in [2.45, 2.75) is 0 Å². The molecule has 2 aromatic carbocycles. The van der Waals surface area contributed by atoms with Crippen molar-refractivity contribution in [2.24, 2.45) is 0 Å². The Morgan fingerprint density at radius 2 is 1.47 bits per heavy atom. The molecule has 0 atom stereocenters. The first kappa shape index (κ1) is 11.1. The summed E-state index contributed by atoms with van der Waals surface area (Å²) >= 11 is 0. The third kappa shape index (κ3) is 3.31. The molecule has 0 aliphatic heterocycles. The molecular formula is C15H12O2. The number of ether oxygens (including phenoxy) is 1. The van der Waals surface area contributed by atoms with Crippen molar-refractivity contribution < 1.29 is 9.53 Å². The normalized spacial score (nSPS) is 10.4. The molecule has 2 heteroatoms. The summed E-state index contributed by atoms with van der Waals surface area (Å²) in [5.74, 6) is 0.645. The average molecular weight is 224 g/mol. The molecule has 0 amide bonds. The van der Waals surface area contributed by atoms with E-state index in [4.69, 9.17) is 4.74 Å². The van der Waals surface area contributed by atoms with Crippen LogP contribution in [0.1, 0.15) is 10.4 Å². The Balaban J connectivity index is 1.96. The van der Waals surface area contributed by atoms with Crippen LogP contribution >= 0.6 is 0 Å². The van der Waals surface area contributed by atoms with E-state index in [1.165, 1.54) is 12.3 Å². The molecule has 0 saturated heterocycles. The first-order valence-corrected chi connectivity index (χ1v) is 5.34. The number of hydrogen-bond donors (Lipinski definition) is 0. The fourth-order valence-corrected chi connectivity index (χ4v) is 1.37. The van der Waals surface area contributed by atoms with E-state index in [0.717, 1.165) is 0 Å². The van der Waals surface area contributed by atoms with E-state index in [0.29, 0.717) is 11.3 Å². The maximum atomic E-state index is 11.7. The van der Waals surface area contributed by atoms with Crippen molar-refractivity contribution in [3.05, 3.63) is 78.6 Å². The molecule has 0 aliphatic rings. The molecule has 0 spiro atoms. The molecule has 0 aromatic heterocycles. The molecular weight excluding hydrogens is 212 g/mol. The smallest absolute Gasteiger partial charge is 0.188 e. The molecule has 0 aliphatic carbocycles. The van der Waals surface area contributed by atoms with Crippen LogP contribution in [0.15, 0.2) is 73.0 Å². The van der Waals surface area contributed by atoms with Crippen LogP contribution in [0.3, 0.4) is 0 Å². The predicted octanol–water partition coefficient (Wildman–Crippen LogP) is 3.46. The van der Waals surface area contributed by atoms with Gasteiger partial charge in [-0.15, -0.1) is 0 Å². The number of rotatable bonds is 4. The van der Waals surface area contributed by atoms with Crippen molar-refractivity contribution in [3.8, 4) is 5.75 Å². The van der Waals surface area contributed by atoms with Crippen LogP contribution in [-0.4, -0.2) is 5.78 Å². The Kier molecular flexibility index (Phi) is 3.71. The van der Waals surface area contributed by atoms with Gasteiger partial charge < -0.3 is 4.74 Å². The SMILES string of the molecule is O=C(/C=C/Oc1ccccc1)c1ccccc1. The third-order valence-electron chi connectivity index (χ3n) is 2.23. The van der Waals surface area contributed by atoms with Gasteiger partial charge in [-0.05, 0) is 12.1 Å². The number of carbonyl (C=O) groups is 1. The summed E-state index contributed by atoms with van der Waals surface area (Å²) in [6, 6.07) is 18.4. The highest BCUT2D eigenvalue weighted by atomic mass is 16.5. The largest absolute Gasteiger partial charge is 0.465 e. The lowest BCUT2D eigenvalue weighted by Crippen LogP contribution is -1.94. The van der Waals surface area contributed by atoms with Gasteiger partial charge in [-0.3, -0.25) is 4.79 Å². The summed E-state index contributed by atoms with van der Waals surface area (Å²) in [5, 5.41) is 0. The monoisotopic (exact) mass is 224 g/mol. The van der Waals surface area contributed by atoms with Crippen LogP contribution < -0.4 is 4.74 Å². The van der Waals surface area contributed by atoms with Crippen LogP contribution in [0.25, 0.3) is 0 Å². The number of carbonyl (C=O) groups excluding carboxylic acids is 1. The molecule has 0 saturated carbocycles. The molecule has 84 valence electrons. The minimum atomic E-state index is -0.0680. The van der Waals surface area contributed by atoms with Crippen LogP contribution in [0.2, 0.25) is 0 Å². The van der Waals surface area contributed by atoms with E-state index in [-0.39, 0.29) is 5.78 Å². The third-order valence-corrected chi connectivity index (χ3v) is 2.23. The van der Waals surface area contributed by atoms with Crippen LogP contribution in [0, 0.1) is 0 Å². The van der Waals surface area contributed by atoms with Crippen LogP contribution in [0.4, 0.5) is 0 Å². The summed E-state index contributed by atoms with van der Waals surface area (Å²) < 4.78 is 5.30. The summed E-state index contributed by atoms with van der Waals surface area (Å²) in [6.07, 6.45) is 2.83. The molecule has 17 heavy (non-hydrogen) atoms.